The van der Waals surface area contributed by atoms with Crippen molar-refractivity contribution < 1.29 is 9.53 Å². The maximum absolute atomic E-state index is 12.7. The van der Waals surface area contributed by atoms with Gasteiger partial charge in [-0.1, -0.05) is 26.3 Å². The van der Waals surface area contributed by atoms with Crippen molar-refractivity contribution in [3.63, 3.8) is 0 Å². The van der Waals surface area contributed by atoms with Crippen LogP contribution in [0.25, 0.3) is 0 Å². The Bertz CT molecular complexity index is 649. The predicted octanol–water partition coefficient (Wildman–Crippen LogP) is 5.15. The van der Waals surface area contributed by atoms with E-state index in [4.69, 9.17) is 4.74 Å². The first-order chi connectivity index (χ1) is 11.6. The van der Waals surface area contributed by atoms with Crippen molar-refractivity contribution in [1.29, 1.82) is 0 Å². The van der Waals surface area contributed by atoms with Gasteiger partial charge in [-0.25, -0.2) is 0 Å². The number of carbonyl (C=O) groups excluding carboxylic acids is 1. The summed E-state index contributed by atoms with van der Waals surface area (Å²) in [6, 6.07) is 6.70. The normalized spacial score (nSPS) is 37.5. The minimum atomic E-state index is 0.0125. The van der Waals surface area contributed by atoms with Crippen molar-refractivity contribution >= 4 is 5.78 Å². The van der Waals surface area contributed by atoms with Gasteiger partial charge in [-0.3, -0.25) is 4.79 Å². The van der Waals surface area contributed by atoms with E-state index in [1.165, 1.54) is 18.4 Å². The average Bonchev–Trinajstić information content (AvgIpc) is 2.97. The molecule has 4 rings (SSSR count). The number of hydrogen-bond donors (Lipinski definition) is 0. The Morgan fingerprint density at radius 1 is 1.25 bits per heavy atom. The Kier molecular flexibility index (Phi) is 3.97. The molecule has 3 aliphatic rings. The van der Waals surface area contributed by atoms with Gasteiger partial charge < -0.3 is 4.74 Å². The fourth-order valence-corrected chi connectivity index (χ4v) is 6.53. The summed E-state index contributed by atoms with van der Waals surface area (Å²) in [6.45, 7) is 4.59. The molecule has 2 saturated carbocycles. The lowest BCUT2D eigenvalue weighted by Gasteiger charge is -2.52. The quantitative estimate of drug-likeness (QED) is 0.768. The van der Waals surface area contributed by atoms with Crippen LogP contribution in [-0.2, 0) is 11.2 Å². The molecule has 0 bridgehead atoms. The van der Waals surface area contributed by atoms with E-state index in [1.807, 2.05) is 0 Å². The molecule has 1 aromatic carbocycles. The molecule has 3 aliphatic carbocycles. The molecule has 2 heteroatoms. The van der Waals surface area contributed by atoms with Crippen LogP contribution in [0.1, 0.15) is 69.4 Å². The SMILES string of the molecule is CC[C@@H]1Cc2cc(OC)ccc2[C@H]2CC[C@]3(CC)C(=O)CC[C@H]3[C@H]12. The Hall–Kier alpha value is -1.31. The molecule has 5 atom stereocenters. The molecule has 2 nitrogen and oxygen atoms in total. The lowest BCUT2D eigenvalue weighted by molar-refractivity contribution is -0.131. The monoisotopic (exact) mass is 326 g/mol. The average molecular weight is 326 g/mol. The molecule has 0 N–H and O–H groups in total. The van der Waals surface area contributed by atoms with E-state index in [9.17, 15) is 4.79 Å². The number of benzene rings is 1. The lowest BCUT2D eigenvalue weighted by atomic mass is 9.51. The summed E-state index contributed by atoms with van der Waals surface area (Å²) in [4.78, 5) is 12.7. The second-order valence-corrected chi connectivity index (χ2v) is 8.24. The van der Waals surface area contributed by atoms with Gasteiger partial charge in [-0.2, -0.15) is 0 Å². The van der Waals surface area contributed by atoms with E-state index in [0.717, 1.165) is 43.8 Å². The van der Waals surface area contributed by atoms with Gasteiger partial charge in [-0.05, 0) is 79.0 Å². The van der Waals surface area contributed by atoms with E-state index in [-0.39, 0.29) is 5.41 Å². The third kappa shape index (κ3) is 2.11. The Balaban J connectivity index is 1.77. The van der Waals surface area contributed by atoms with Crippen molar-refractivity contribution in [2.45, 2.75) is 64.7 Å². The Morgan fingerprint density at radius 2 is 2.08 bits per heavy atom. The zero-order chi connectivity index (χ0) is 16.9. The highest BCUT2D eigenvalue weighted by Crippen LogP contribution is 2.62. The number of hydrogen-bond acceptors (Lipinski definition) is 2. The number of ketones is 1. The molecule has 0 spiro atoms. The topological polar surface area (TPSA) is 26.3 Å². The summed E-state index contributed by atoms with van der Waals surface area (Å²) >= 11 is 0. The molecular weight excluding hydrogens is 296 g/mol. The van der Waals surface area contributed by atoms with Crippen LogP contribution in [0, 0.1) is 23.2 Å². The van der Waals surface area contributed by atoms with Gasteiger partial charge >= 0.3 is 0 Å². The molecule has 0 heterocycles. The van der Waals surface area contributed by atoms with Crippen LogP contribution < -0.4 is 4.74 Å². The van der Waals surface area contributed by atoms with Gasteiger partial charge in [0.25, 0.3) is 0 Å². The van der Waals surface area contributed by atoms with Crippen molar-refractivity contribution in [2.24, 2.45) is 23.2 Å². The summed E-state index contributed by atoms with van der Waals surface area (Å²) in [5, 5.41) is 0. The minimum Gasteiger partial charge on any atom is -0.497 e. The standard InChI is InChI=1S/C22H30O2/c1-4-14-12-15-13-16(24-3)6-7-17(15)18-10-11-22(5-2)19(21(14)18)8-9-20(22)23/h6-7,13-14,18-19,21H,4-5,8-12H2,1-3H3/t14-,18-,19+,21-,22+/m1/s1. The number of Topliss-reactive ketones (excluding diaryl/α,β-unsaturated/α-hetero) is 1. The highest BCUT2D eigenvalue weighted by Gasteiger charge is 2.57. The number of methoxy groups -OCH3 is 1. The largest absolute Gasteiger partial charge is 0.497 e. The first-order valence-electron chi connectivity index (χ1n) is 9.84. The van der Waals surface area contributed by atoms with Crippen LogP contribution in [0.3, 0.4) is 0 Å². The van der Waals surface area contributed by atoms with Crippen molar-refractivity contribution in [2.75, 3.05) is 7.11 Å². The molecule has 130 valence electrons. The van der Waals surface area contributed by atoms with Crippen LogP contribution >= 0.6 is 0 Å². The number of rotatable bonds is 3. The maximum atomic E-state index is 12.7. The van der Waals surface area contributed by atoms with E-state index >= 15 is 0 Å². The Labute approximate surface area is 146 Å². The second kappa shape index (κ2) is 5.89. The Morgan fingerprint density at radius 3 is 2.79 bits per heavy atom. The fraction of sp³-hybridized carbons (Fsp3) is 0.682. The molecule has 0 amide bonds. The molecule has 0 radical (unpaired) electrons. The summed E-state index contributed by atoms with van der Waals surface area (Å²) in [5.41, 5.74) is 3.06. The van der Waals surface area contributed by atoms with Gasteiger partial charge in [0, 0.05) is 11.8 Å². The molecular formula is C22H30O2. The molecule has 24 heavy (non-hydrogen) atoms. The zero-order valence-electron chi connectivity index (χ0n) is 15.3. The molecule has 1 aromatic rings. The first kappa shape index (κ1) is 16.2. The van der Waals surface area contributed by atoms with Crippen LogP contribution in [0.4, 0.5) is 0 Å². The van der Waals surface area contributed by atoms with Crippen LogP contribution in [0.15, 0.2) is 18.2 Å². The van der Waals surface area contributed by atoms with Crippen LogP contribution in [-0.4, -0.2) is 12.9 Å². The molecule has 0 aliphatic heterocycles. The predicted molar refractivity (Wildman–Crippen MR) is 96.4 cm³/mol. The number of fused-ring (bicyclic) bond motifs is 5. The van der Waals surface area contributed by atoms with Gasteiger partial charge in [0.1, 0.15) is 11.5 Å². The second-order valence-electron chi connectivity index (χ2n) is 8.24. The summed E-state index contributed by atoms with van der Waals surface area (Å²) in [6.07, 6.45) is 7.69. The van der Waals surface area contributed by atoms with Crippen LogP contribution in [0.5, 0.6) is 5.75 Å². The third-order valence-electron chi connectivity index (χ3n) is 7.71. The van der Waals surface area contributed by atoms with E-state index in [2.05, 4.69) is 32.0 Å². The van der Waals surface area contributed by atoms with Gasteiger partial charge in [-0.15, -0.1) is 0 Å². The summed E-state index contributed by atoms with van der Waals surface area (Å²) < 4.78 is 5.46. The molecule has 0 unspecified atom stereocenters. The van der Waals surface area contributed by atoms with Crippen molar-refractivity contribution in [3.8, 4) is 5.75 Å². The third-order valence-corrected chi connectivity index (χ3v) is 7.71. The first-order valence-corrected chi connectivity index (χ1v) is 9.84. The van der Waals surface area contributed by atoms with Crippen molar-refractivity contribution in [3.05, 3.63) is 29.3 Å². The fourth-order valence-electron chi connectivity index (χ4n) is 6.53. The van der Waals surface area contributed by atoms with Crippen LogP contribution in [0.2, 0.25) is 0 Å². The van der Waals surface area contributed by atoms with Gasteiger partial charge in [0.15, 0.2) is 0 Å². The molecule has 0 aromatic heterocycles. The zero-order valence-corrected chi connectivity index (χ0v) is 15.3. The van der Waals surface area contributed by atoms with E-state index in [0.29, 0.717) is 23.5 Å². The molecule has 2 fully saturated rings. The number of carbonyl (C=O) groups is 1. The van der Waals surface area contributed by atoms with E-state index in [1.54, 1.807) is 12.7 Å². The van der Waals surface area contributed by atoms with Gasteiger partial charge in [0.05, 0.1) is 7.11 Å². The number of ether oxygens (including phenoxy) is 1. The molecule has 0 saturated heterocycles. The van der Waals surface area contributed by atoms with Crippen molar-refractivity contribution in [1.82, 2.24) is 0 Å². The highest BCUT2D eigenvalue weighted by atomic mass is 16.5. The maximum Gasteiger partial charge on any atom is 0.139 e. The minimum absolute atomic E-state index is 0.0125. The summed E-state index contributed by atoms with van der Waals surface area (Å²) in [7, 11) is 1.75. The van der Waals surface area contributed by atoms with E-state index < -0.39 is 0 Å². The van der Waals surface area contributed by atoms with Gasteiger partial charge in [0.2, 0.25) is 0 Å². The smallest absolute Gasteiger partial charge is 0.139 e. The lowest BCUT2D eigenvalue weighted by Crippen LogP contribution is -2.47. The summed E-state index contributed by atoms with van der Waals surface area (Å²) in [5.74, 6) is 4.25. The highest BCUT2D eigenvalue weighted by molar-refractivity contribution is 5.87.